The van der Waals surface area contributed by atoms with E-state index in [4.69, 9.17) is 5.11 Å². The zero-order valence-electron chi connectivity index (χ0n) is 8.69. The quantitative estimate of drug-likeness (QED) is 0.784. The van der Waals surface area contributed by atoms with E-state index in [-0.39, 0.29) is 17.4 Å². The number of carbonyl (C=O) groups excluding carboxylic acids is 1. The van der Waals surface area contributed by atoms with Crippen LogP contribution in [0.15, 0.2) is 23.1 Å². The normalized spacial score (nSPS) is 19.6. The number of hydrogen-bond donors (Lipinski definition) is 2. The van der Waals surface area contributed by atoms with Crippen LogP contribution in [0.3, 0.4) is 0 Å². The van der Waals surface area contributed by atoms with Crippen molar-refractivity contribution in [3.63, 3.8) is 0 Å². The van der Waals surface area contributed by atoms with Crippen LogP contribution >= 0.6 is 11.8 Å². The van der Waals surface area contributed by atoms with E-state index in [0.717, 1.165) is 0 Å². The van der Waals surface area contributed by atoms with E-state index in [9.17, 15) is 9.59 Å². The maximum atomic E-state index is 11.6. The number of carboxylic acids is 1. The van der Waals surface area contributed by atoms with Gasteiger partial charge in [0.1, 0.15) is 0 Å². The van der Waals surface area contributed by atoms with Crippen LogP contribution in [-0.2, 0) is 4.79 Å². The van der Waals surface area contributed by atoms with Gasteiger partial charge in [-0.2, -0.15) is 0 Å². The second kappa shape index (κ2) is 4.17. The molecule has 2 rings (SSSR count). The molecule has 0 aromatic heterocycles. The number of carbonyl (C=O) groups is 2. The van der Waals surface area contributed by atoms with Gasteiger partial charge in [0.2, 0.25) is 5.91 Å². The Morgan fingerprint density at radius 2 is 2.31 bits per heavy atom. The van der Waals surface area contributed by atoms with Gasteiger partial charge >= 0.3 is 5.97 Å². The molecule has 1 amide bonds. The van der Waals surface area contributed by atoms with Crippen molar-refractivity contribution in [2.75, 3.05) is 11.1 Å². The van der Waals surface area contributed by atoms with Crippen LogP contribution in [0, 0.1) is 5.92 Å². The van der Waals surface area contributed by atoms with Gasteiger partial charge in [-0.25, -0.2) is 4.79 Å². The molecule has 16 heavy (non-hydrogen) atoms. The first kappa shape index (κ1) is 11.0. The molecule has 0 aliphatic carbocycles. The molecule has 1 heterocycles. The smallest absolute Gasteiger partial charge is 0.336 e. The molecule has 0 spiro atoms. The third-order valence-electron chi connectivity index (χ3n) is 2.43. The van der Waals surface area contributed by atoms with Crippen molar-refractivity contribution in [3.8, 4) is 0 Å². The van der Waals surface area contributed by atoms with Crippen LogP contribution in [0.1, 0.15) is 17.3 Å². The lowest BCUT2D eigenvalue weighted by Crippen LogP contribution is -2.20. The summed E-state index contributed by atoms with van der Waals surface area (Å²) in [6, 6.07) is 4.92. The summed E-state index contributed by atoms with van der Waals surface area (Å²) >= 11 is 1.41. The summed E-state index contributed by atoms with van der Waals surface area (Å²) < 4.78 is 0. The molecule has 0 saturated carbocycles. The molecule has 2 N–H and O–H groups in total. The van der Waals surface area contributed by atoms with Crippen LogP contribution in [0.25, 0.3) is 0 Å². The molecule has 1 aromatic carbocycles. The molecule has 1 aliphatic heterocycles. The molecule has 0 fully saturated rings. The van der Waals surface area contributed by atoms with E-state index in [1.165, 1.54) is 11.8 Å². The van der Waals surface area contributed by atoms with Crippen LogP contribution in [0.4, 0.5) is 5.69 Å². The van der Waals surface area contributed by atoms with Crippen molar-refractivity contribution < 1.29 is 14.7 Å². The van der Waals surface area contributed by atoms with Gasteiger partial charge in [0.15, 0.2) is 0 Å². The van der Waals surface area contributed by atoms with E-state index < -0.39 is 5.97 Å². The molecule has 0 radical (unpaired) electrons. The summed E-state index contributed by atoms with van der Waals surface area (Å²) in [6.45, 7) is 1.83. The summed E-state index contributed by atoms with van der Waals surface area (Å²) in [5, 5.41) is 11.8. The molecule has 4 nitrogen and oxygen atoms in total. The second-order valence-corrected chi connectivity index (χ2v) is 4.72. The topological polar surface area (TPSA) is 66.4 Å². The van der Waals surface area contributed by atoms with Crippen molar-refractivity contribution in [1.82, 2.24) is 0 Å². The van der Waals surface area contributed by atoms with Crippen LogP contribution < -0.4 is 5.32 Å². The highest BCUT2D eigenvalue weighted by Gasteiger charge is 2.23. The Bertz CT molecular complexity index is 459. The Morgan fingerprint density at radius 1 is 1.56 bits per heavy atom. The number of aromatic carboxylic acids is 1. The molecule has 1 aromatic rings. The molecular weight excluding hydrogens is 226 g/mol. The van der Waals surface area contributed by atoms with E-state index in [1.807, 2.05) is 6.92 Å². The fourth-order valence-corrected chi connectivity index (χ4v) is 2.65. The number of nitrogens with one attached hydrogen (secondary N) is 1. The van der Waals surface area contributed by atoms with Crippen LogP contribution in [0.5, 0.6) is 0 Å². The Labute approximate surface area is 97.0 Å². The standard InChI is InChI=1S/C11H11NO3S/c1-6-5-16-9-7(11(14)15)3-2-4-8(9)12-10(6)13/h2-4,6H,5H2,1H3,(H,12,13)(H,14,15). The fourth-order valence-electron chi connectivity index (χ4n) is 1.50. The highest BCUT2D eigenvalue weighted by atomic mass is 32.2. The highest BCUT2D eigenvalue weighted by Crippen LogP contribution is 2.35. The molecule has 1 unspecified atom stereocenters. The Kier molecular flexibility index (Phi) is 2.87. The monoisotopic (exact) mass is 237 g/mol. The number of benzene rings is 1. The van der Waals surface area contributed by atoms with Crippen LogP contribution in [0.2, 0.25) is 0 Å². The summed E-state index contributed by atoms with van der Waals surface area (Å²) in [7, 11) is 0. The third kappa shape index (κ3) is 1.90. The minimum absolute atomic E-state index is 0.0613. The van der Waals surface area contributed by atoms with E-state index >= 15 is 0 Å². The predicted molar refractivity (Wildman–Crippen MR) is 61.9 cm³/mol. The van der Waals surface area contributed by atoms with Crippen molar-refractivity contribution in [2.24, 2.45) is 5.92 Å². The predicted octanol–water partition coefficient (Wildman–Crippen LogP) is 2.07. The first-order valence-electron chi connectivity index (χ1n) is 4.89. The number of hydrogen-bond acceptors (Lipinski definition) is 3. The maximum Gasteiger partial charge on any atom is 0.336 e. The van der Waals surface area contributed by atoms with Crippen molar-refractivity contribution >= 4 is 29.3 Å². The molecular formula is C11H11NO3S. The summed E-state index contributed by atoms with van der Waals surface area (Å²) in [5.74, 6) is -0.538. The van der Waals surface area contributed by atoms with Crippen molar-refractivity contribution in [2.45, 2.75) is 11.8 Å². The first-order chi connectivity index (χ1) is 7.59. The minimum Gasteiger partial charge on any atom is -0.478 e. The van der Waals surface area contributed by atoms with Gasteiger partial charge in [0.05, 0.1) is 11.3 Å². The van der Waals surface area contributed by atoms with Crippen molar-refractivity contribution in [1.29, 1.82) is 0 Å². The highest BCUT2D eigenvalue weighted by molar-refractivity contribution is 7.99. The van der Waals surface area contributed by atoms with E-state index in [2.05, 4.69) is 5.32 Å². The SMILES string of the molecule is CC1CSc2c(cccc2C(=O)O)NC1=O. The summed E-state index contributed by atoms with van der Waals surface area (Å²) in [4.78, 5) is 23.3. The largest absolute Gasteiger partial charge is 0.478 e. The minimum atomic E-state index is -0.965. The summed E-state index contributed by atoms with van der Waals surface area (Å²) in [5.41, 5.74) is 0.844. The summed E-state index contributed by atoms with van der Waals surface area (Å²) in [6.07, 6.45) is 0. The molecule has 1 atom stereocenters. The lowest BCUT2D eigenvalue weighted by atomic mass is 10.1. The second-order valence-electron chi connectivity index (χ2n) is 3.69. The van der Waals surface area contributed by atoms with Gasteiger partial charge in [0, 0.05) is 16.6 Å². The fraction of sp³-hybridized carbons (Fsp3) is 0.273. The number of thioether (sulfide) groups is 1. The Balaban J connectivity index is 2.48. The number of rotatable bonds is 1. The lowest BCUT2D eigenvalue weighted by molar-refractivity contribution is -0.118. The zero-order valence-corrected chi connectivity index (χ0v) is 9.50. The Hall–Kier alpha value is -1.49. The first-order valence-corrected chi connectivity index (χ1v) is 5.88. The van der Waals surface area contributed by atoms with Crippen molar-refractivity contribution in [3.05, 3.63) is 23.8 Å². The molecule has 84 valence electrons. The van der Waals surface area contributed by atoms with Gasteiger partial charge in [-0.3, -0.25) is 4.79 Å². The van der Waals surface area contributed by atoms with E-state index in [1.54, 1.807) is 18.2 Å². The third-order valence-corrected chi connectivity index (χ3v) is 3.82. The maximum absolute atomic E-state index is 11.6. The van der Waals surface area contributed by atoms with Gasteiger partial charge in [0.25, 0.3) is 0 Å². The van der Waals surface area contributed by atoms with Gasteiger partial charge in [-0.1, -0.05) is 13.0 Å². The number of amides is 1. The average Bonchev–Trinajstić information content (AvgIpc) is 2.39. The number of anilines is 1. The van der Waals surface area contributed by atoms with Gasteiger partial charge in [-0.15, -0.1) is 11.8 Å². The molecule has 1 aliphatic rings. The van der Waals surface area contributed by atoms with Gasteiger partial charge in [-0.05, 0) is 12.1 Å². The van der Waals surface area contributed by atoms with Gasteiger partial charge < -0.3 is 10.4 Å². The molecule has 5 heteroatoms. The van der Waals surface area contributed by atoms with Crippen LogP contribution in [-0.4, -0.2) is 22.7 Å². The Morgan fingerprint density at radius 3 is 3.00 bits per heavy atom. The molecule has 0 bridgehead atoms. The number of carboxylic acid groups (broad SMARTS) is 1. The number of fused-ring (bicyclic) bond motifs is 1. The zero-order chi connectivity index (χ0) is 11.7. The molecule has 0 saturated heterocycles. The van der Waals surface area contributed by atoms with E-state index in [0.29, 0.717) is 16.3 Å². The lowest BCUT2D eigenvalue weighted by Gasteiger charge is -2.08. The average molecular weight is 237 g/mol.